The van der Waals surface area contributed by atoms with E-state index < -0.39 is 11.6 Å². The van der Waals surface area contributed by atoms with Gasteiger partial charge in [-0.25, -0.2) is 4.79 Å². The van der Waals surface area contributed by atoms with Crippen LogP contribution in [0.4, 0.5) is 0 Å². The number of carbonyl (C=O) groups excluding carboxylic acids is 1. The van der Waals surface area contributed by atoms with Gasteiger partial charge in [-0.15, -0.1) is 0 Å². The minimum Gasteiger partial charge on any atom is -0.455 e. The smallest absolute Gasteiger partial charge is 0.359 e. The molecule has 1 rings (SSSR count). The molecule has 1 heterocycles. The molecule has 0 unspecified atom stereocenters. The van der Waals surface area contributed by atoms with Gasteiger partial charge in [0.1, 0.15) is 5.60 Å². The minimum absolute atomic E-state index is 0.318. The number of aromatic nitrogens is 2. The summed E-state index contributed by atoms with van der Waals surface area (Å²) in [5.41, 5.74) is 5.20. The van der Waals surface area contributed by atoms with Crippen molar-refractivity contribution in [3.05, 3.63) is 18.0 Å². The number of nitrogens with two attached hydrogens (primary N) is 1. The lowest BCUT2D eigenvalue weighted by molar-refractivity contribution is 0.00619. The van der Waals surface area contributed by atoms with Gasteiger partial charge in [0.2, 0.25) is 0 Å². The number of ether oxygens (including phenoxy) is 1. The Labute approximate surface area is 89.2 Å². The Morgan fingerprint density at radius 3 is 2.80 bits per heavy atom. The summed E-state index contributed by atoms with van der Waals surface area (Å²) in [6.07, 6.45) is 1.71. The predicted molar refractivity (Wildman–Crippen MR) is 56.4 cm³/mol. The molecule has 0 bridgehead atoms. The van der Waals surface area contributed by atoms with Gasteiger partial charge < -0.3 is 10.5 Å². The number of nitrogens with zero attached hydrogens (tertiary/aromatic N) is 2. The maximum Gasteiger partial charge on any atom is 0.359 e. The van der Waals surface area contributed by atoms with Gasteiger partial charge in [-0.05, 0) is 26.8 Å². The minimum atomic E-state index is -0.491. The van der Waals surface area contributed by atoms with Crippen LogP contribution >= 0.6 is 0 Å². The van der Waals surface area contributed by atoms with Crippen molar-refractivity contribution in [2.75, 3.05) is 6.54 Å². The zero-order valence-corrected chi connectivity index (χ0v) is 9.36. The van der Waals surface area contributed by atoms with Crippen LogP contribution in [0.3, 0.4) is 0 Å². The highest BCUT2D eigenvalue weighted by Crippen LogP contribution is 2.10. The van der Waals surface area contributed by atoms with Crippen LogP contribution in [0.5, 0.6) is 0 Å². The zero-order valence-electron chi connectivity index (χ0n) is 9.36. The molecule has 0 saturated heterocycles. The van der Waals surface area contributed by atoms with E-state index in [1.807, 2.05) is 20.8 Å². The molecule has 0 saturated carbocycles. The normalized spacial score (nSPS) is 11.5. The summed E-state index contributed by atoms with van der Waals surface area (Å²) in [6, 6.07) is 1.63. The highest BCUT2D eigenvalue weighted by Gasteiger charge is 2.19. The second-order valence-electron chi connectivity index (χ2n) is 4.25. The SMILES string of the molecule is CC(C)(C)OC(=O)c1ccn(CCN)n1. The molecule has 0 spiro atoms. The van der Waals surface area contributed by atoms with Gasteiger partial charge in [-0.1, -0.05) is 0 Å². The Kier molecular flexibility index (Phi) is 3.47. The summed E-state index contributed by atoms with van der Waals surface area (Å²) in [5.74, 6) is -0.404. The fourth-order valence-electron chi connectivity index (χ4n) is 1.06. The molecule has 1 aromatic heterocycles. The summed E-state index contributed by atoms with van der Waals surface area (Å²) >= 11 is 0. The van der Waals surface area contributed by atoms with Gasteiger partial charge >= 0.3 is 5.97 Å². The van der Waals surface area contributed by atoms with Crippen LogP contribution in [-0.2, 0) is 11.3 Å². The summed E-state index contributed by atoms with van der Waals surface area (Å²) in [6.45, 7) is 6.56. The number of hydrogen-bond acceptors (Lipinski definition) is 4. The van der Waals surface area contributed by atoms with Gasteiger partial charge in [-0.3, -0.25) is 4.68 Å². The van der Waals surface area contributed by atoms with E-state index in [2.05, 4.69) is 5.10 Å². The summed E-state index contributed by atoms with van der Waals surface area (Å²) in [5, 5.41) is 4.05. The van der Waals surface area contributed by atoms with Gasteiger partial charge in [0, 0.05) is 12.7 Å². The summed E-state index contributed by atoms with van der Waals surface area (Å²) < 4.78 is 6.79. The lowest BCUT2D eigenvalue weighted by Crippen LogP contribution is -2.24. The predicted octanol–water partition coefficient (Wildman–Crippen LogP) is 0.797. The molecular weight excluding hydrogens is 194 g/mol. The molecular formula is C10H17N3O2. The lowest BCUT2D eigenvalue weighted by Gasteiger charge is -2.18. The maximum atomic E-state index is 11.5. The van der Waals surface area contributed by atoms with Crippen LogP contribution in [-0.4, -0.2) is 27.9 Å². The van der Waals surface area contributed by atoms with Crippen LogP contribution in [0.1, 0.15) is 31.3 Å². The largest absolute Gasteiger partial charge is 0.455 e. The Morgan fingerprint density at radius 2 is 2.27 bits per heavy atom. The molecule has 0 aliphatic carbocycles. The van der Waals surface area contributed by atoms with Gasteiger partial charge in [0.25, 0.3) is 0 Å². The third-order valence-electron chi connectivity index (χ3n) is 1.61. The first-order chi connectivity index (χ1) is 6.92. The van der Waals surface area contributed by atoms with Gasteiger partial charge in [-0.2, -0.15) is 5.10 Å². The molecule has 84 valence electrons. The molecule has 0 radical (unpaired) electrons. The van der Waals surface area contributed by atoms with E-state index in [4.69, 9.17) is 10.5 Å². The second kappa shape index (κ2) is 4.44. The molecule has 1 aromatic rings. The van der Waals surface area contributed by atoms with Crippen molar-refractivity contribution in [3.63, 3.8) is 0 Å². The van der Waals surface area contributed by atoms with Crippen molar-refractivity contribution < 1.29 is 9.53 Å². The molecule has 5 nitrogen and oxygen atoms in total. The molecule has 5 heteroatoms. The van der Waals surface area contributed by atoms with Crippen LogP contribution in [0, 0.1) is 0 Å². The Balaban J connectivity index is 2.66. The highest BCUT2D eigenvalue weighted by atomic mass is 16.6. The number of hydrogen-bond donors (Lipinski definition) is 1. The lowest BCUT2D eigenvalue weighted by atomic mass is 10.2. The van der Waals surface area contributed by atoms with E-state index in [9.17, 15) is 4.79 Å². The fraction of sp³-hybridized carbons (Fsp3) is 0.600. The van der Waals surface area contributed by atoms with Crippen molar-refractivity contribution in [2.45, 2.75) is 32.9 Å². The van der Waals surface area contributed by atoms with Gasteiger partial charge in [0.15, 0.2) is 5.69 Å². The fourth-order valence-corrected chi connectivity index (χ4v) is 1.06. The third-order valence-corrected chi connectivity index (χ3v) is 1.61. The molecule has 0 aliphatic rings. The Hall–Kier alpha value is -1.36. The van der Waals surface area contributed by atoms with E-state index in [1.54, 1.807) is 16.9 Å². The molecule has 0 aromatic carbocycles. The summed E-state index contributed by atoms with van der Waals surface area (Å²) in [7, 11) is 0. The molecule has 15 heavy (non-hydrogen) atoms. The zero-order chi connectivity index (χ0) is 11.5. The molecule has 2 N–H and O–H groups in total. The first-order valence-corrected chi connectivity index (χ1v) is 4.89. The Morgan fingerprint density at radius 1 is 1.60 bits per heavy atom. The standard InChI is InChI=1S/C10H17N3O2/c1-10(2,3)15-9(14)8-4-6-13(12-8)7-5-11/h4,6H,5,7,11H2,1-3H3. The van der Waals surface area contributed by atoms with E-state index >= 15 is 0 Å². The molecule has 0 aliphatic heterocycles. The van der Waals surface area contributed by atoms with E-state index in [1.165, 1.54) is 0 Å². The van der Waals surface area contributed by atoms with Crippen molar-refractivity contribution in [1.82, 2.24) is 9.78 Å². The topological polar surface area (TPSA) is 70.1 Å². The third kappa shape index (κ3) is 3.71. The van der Waals surface area contributed by atoms with Gasteiger partial charge in [0.05, 0.1) is 6.54 Å². The van der Waals surface area contributed by atoms with E-state index in [-0.39, 0.29) is 0 Å². The Bertz CT molecular complexity index is 339. The quantitative estimate of drug-likeness (QED) is 0.751. The number of carbonyl (C=O) groups is 1. The molecule has 0 atom stereocenters. The molecule has 0 fully saturated rings. The average molecular weight is 211 g/mol. The van der Waals surface area contributed by atoms with E-state index in [0.717, 1.165) is 0 Å². The average Bonchev–Trinajstić information content (AvgIpc) is 2.50. The van der Waals surface area contributed by atoms with Crippen molar-refractivity contribution in [3.8, 4) is 0 Å². The molecule has 0 amide bonds. The van der Waals surface area contributed by atoms with Crippen molar-refractivity contribution in [1.29, 1.82) is 0 Å². The van der Waals surface area contributed by atoms with Crippen LogP contribution in [0.2, 0.25) is 0 Å². The van der Waals surface area contributed by atoms with Crippen LogP contribution in [0.25, 0.3) is 0 Å². The number of esters is 1. The highest BCUT2D eigenvalue weighted by molar-refractivity contribution is 5.87. The van der Waals surface area contributed by atoms with Crippen LogP contribution < -0.4 is 5.73 Å². The second-order valence-corrected chi connectivity index (χ2v) is 4.25. The number of rotatable bonds is 3. The first-order valence-electron chi connectivity index (χ1n) is 4.89. The maximum absolute atomic E-state index is 11.5. The van der Waals surface area contributed by atoms with E-state index in [0.29, 0.717) is 18.8 Å². The van der Waals surface area contributed by atoms with Crippen molar-refractivity contribution >= 4 is 5.97 Å². The monoisotopic (exact) mass is 211 g/mol. The van der Waals surface area contributed by atoms with Crippen molar-refractivity contribution in [2.24, 2.45) is 5.73 Å². The summed E-state index contributed by atoms with van der Waals surface area (Å²) in [4.78, 5) is 11.5. The first kappa shape index (κ1) is 11.7. The van der Waals surface area contributed by atoms with Crippen LogP contribution in [0.15, 0.2) is 12.3 Å².